The first-order valence-electron chi connectivity index (χ1n) is 13.4. The van der Waals surface area contributed by atoms with E-state index in [1.165, 1.54) is 12.0 Å². The second-order valence-corrected chi connectivity index (χ2v) is 10.6. The number of ether oxygens (including phenoxy) is 2. The Bertz CT molecular complexity index is 1140. The zero-order chi connectivity index (χ0) is 27.3. The highest BCUT2D eigenvalue weighted by molar-refractivity contribution is 6.07. The van der Waals surface area contributed by atoms with Crippen molar-refractivity contribution in [2.45, 2.75) is 51.5 Å². The van der Waals surface area contributed by atoms with E-state index in [9.17, 15) is 14.4 Å². The van der Waals surface area contributed by atoms with Gasteiger partial charge in [0.05, 0.1) is 20.6 Å². The van der Waals surface area contributed by atoms with Gasteiger partial charge in [-0.1, -0.05) is 38.1 Å². The molecular formula is C30H39N3O5. The van der Waals surface area contributed by atoms with Crippen LogP contribution in [-0.2, 0) is 27.2 Å². The Morgan fingerprint density at radius 3 is 2.32 bits per heavy atom. The number of piperidine rings is 1. The number of imide groups is 1. The van der Waals surface area contributed by atoms with E-state index in [-0.39, 0.29) is 24.3 Å². The zero-order valence-electron chi connectivity index (χ0n) is 22.9. The number of carbonyl (C=O) groups excluding carboxylic acids is 3. The van der Waals surface area contributed by atoms with Crippen molar-refractivity contribution in [1.82, 2.24) is 9.80 Å². The number of carbonyl (C=O) groups is 3. The van der Waals surface area contributed by atoms with E-state index in [0.29, 0.717) is 51.4 Å². The number of nitrogens with zero attached hydrogens (tertiary/aromatic N) is 3. The molecule has 0 unspecified atom stereocenters. The van der Waals surface area contributed by atoms with E-state index in [1.54, 1.807) is 7.11 Å². The van der Waals surface area contributed by atoms with E-state index in [4.69, 9.17) is 9.47 Å². The lowest BCUT2D eigenvalue weighted by Crippen LogP contribution is -2.57. The van der Waals surface area contributed by atoms with Gasteiger partial charge >= 0.3 is 12.0 Å². The third kappa shape index (κ3) is 5.79. The first-order valence-corrected chi connectivity index (χ1v) is 13.4. The first kappa shape index (κ1) is 27.5. The molecule has 0 saturated carbocycles. The van der Waals surface area contributed by atoms with Crippen LogP contribution in [0.1, 0.15) is 44.2 Å². The lowest BCUT2D eigenvalue weighted by atomic mass is 9.85. The lowest BCUT2D eigenvalue weighted by Gasteiger charge is -2.43. The fourth-order valence-corrected chi connectivity index (χ4v) is 5.43. The van der Waals surface area contributed by atoms with Crippen molar-refractivity contribution < 1.29 is 23.9 Å². The molecule has 2 saturated heterocycles. The Labute approximate surface area is 225 Å². The van der Waals surface area contributed by atoms with Crippen LogP contribution >= 0.6 is 0 Å². The normalized spacial score (nSPS) is 17.0. The molecule has 0 aliphatic carbocycles. The number of benzene rings is 2. The van der Waals surface area contributed by atoms with Gasteiger partial charge in [-0.25, -0.2) is 4.79 Å². The lowest BCUT2D eigenvalue weighted by molar-refractivity contribution is -0.139. The molecule has 2 aromatic carbocycles. The van der Waals surface area contributed by atoms with Gasteiger partial charge in [0.25, 0.3) is 5.91 Å². The summed E-state index contributed by atoms with van der Waals surface area (Å²) < 4.78 is 10.1. The second-order valence-electron chi connectivity index (χ2n) is 10.6. The Balaban J connectivity index is 1.51. The molecule has 204 valence electrons. The van der Waals surface area contributed by atoms with Gasteiger partial charge in [-0.15, -0.1) is 0 Å². The zero-order valence-corrected chi connectivity index (χ0v) is 22.9. The molecule has 2 aliphatic heterocycles. The van der Waals surface area contributed by atoms with Gasteiger partial charge < -0.3 is 19.3 Å². The van der Waals surface area contributed by atoms with Gasteiger partial charge in [-0.05, 0) is 67.0 Å². The summed E-state index contributed by atoms with van der Waals surface area (Å²) >= 11 is 0. The van der Waals surface area contributed by atoms with Crippen molar-refractivity contribution in [3.63, 3.8) is 0 Å². The van der Waals surface area contributed by atoms with Crippen molar-refractivity contribution in [3.8, 4) is 5.75 Å². The van der Waals surface area contributed by atoms with Crippen LogP contribution in [0.4, 0.5) is 10.5 Å². The first-order chi connectivity index (χ1) is 18.3. The topological polar surface area (TPSA) is 79.4 Å². The monoisotopic (exact) mass is 521 g/mol. The average molecular weight is 522 g/mol. The number of anilines is 1. The van der Waals surface area contributed by atoms with Crippen molar-refractivity contribution in [1.29, 1.82) is 0 Å². The molecule has 1 spiro atoms. The van der Waals surface area contributed by atoms with Crippen molar-refractivity contribution in [2.24, 2.45) is 5.92 Å². The second kappa shape index (κ2) is 11.9. The number of hydrogen-bond acceptors (Lipinski definition) is 6. The number of hydrogen-bond donors (Lipinski definition) is 0. The summed E-state index contributed by atoms with van der Waals surface area (Å²) in [5.41, 5.74) is 2.18. The maximum absolute atomic E-state index is 13.8. The summed E-state index contributed by atoms with van der Waals surface area (Å²) in [4.78, 5) is 44.7. The SMILES string of the molecule is COC(=O)Cc1cccc(N2CCC3(CC2)C(=O)N(CCC(C)C)C(=O)N3CCc2ccc(OC)cc2)c1. The van der Waals surface area contributed by atoms with Gasteiger partial charge in [-0.2, -0.15) is 0 Å². The molecule has 3 amide bonds. The van der Waals surface area contributed by atoms with Gasteiger partial charge in [0.1, 0.15) is 11.3 Å². The number of amides is 3. The summed E-state index contributed by atoms with van der Waals surface area (Å²) in [5, 5.41) is 0. The molecule has 2 fully saturated rings. The molecule has 0 bridgehead atoms. The Kier molecular flexibility index (Phi) is 8.59. The summed E-state index contributed by atoms with van der Waals surface area (Å²) in [6.45, 7) is 6.46. The Morgan fingerprint density at radius 1 is 0.974 bits per heavy atom. The van der Waals surface area contributed by atoms with Crippen molar-refractivity contribution in [2.75, 3.05) is 45.3 Å². The van der Waals surface area contributed by atoms with Crippen LogP contribution < -0.4 is 9.64 Å². The van der Waals surface area contributed by atoms with Crippen LogP contribution in [0.5, 0.6) is 5.75 Å². The summed E-state index contributed by atoms with van der Waals surface area (Å²) in [7, 11) is 3.03. The van der Waals surface area contributed by atoms with Crippen molar-refractivity contribution in [3.05, 3.63) is 59.7 Å². The van der Waals surface area contributed by atoms with E-state index >= 15 is 0 Å². The van der Waals surface area contributed by atoms with Crippen LogP contribution in [0, 0.1) is 5.92 Å². The van der Waals surface area contributed by atoms with E-state index in [1.807, 2.05) is 53.4 Å². The van der Waals surface area contributed by atoms with Crippen LogP contribution in [-0.4, -0.2) is 73.6 Å². The number of methoxy groups -OCH3 is 2. The predicted molar refractivity (Wildman–Crippen MR) is 146 cm³/mol. The van der Waals surface area contributed by atoms with Crippen molar-refractivity contribution >= 4 is 23.6 Å². The van der Waals surface area contributed by atoms with Crippen LogP contribution in [0.2, 0.25) is 0 Å². The molecule has 0 atom stereocenters. The predicted octanol–water partition coefficient (Wildman–Crippen LogP) is 4.30. The Morgan fingerprint density at radius 2 is 1.68 bits per heavy atom. The van der Waals surface area contributed by atoms with Gasteiger partial charge in [0.2, 0.25) is 0 Å². The molecular weight excluding hydrogens is 482 g/mol. The molecule has 0 radical (unpaired) electrons. The highest BCUT2D eigenvalue weighted by Crippen LogP contribution is 2.39. The third-order valence-electron chi connectivity index (χ3n) is 7.78. The highest BCUT2D eigenvalue weighted by atomic mass is 16.5. The quantitative estimate of drug-likeness (QED) is 0.343. The maximum Gasteiger partial charge on any atom is 0.327 e. The van der Waals surface area contributed by atoms with Crippen LogP contribution in [0.15, 0.2) is 48.5 Å². The average Bonchev–Trinajstić information content (AvgIpc) is 3.11. The molecule has 2 aromatic rings. The van der Waals surface area contributed by atoms with Gasteiger partial charge in [0, 0.05) is 31.9 Å². The molecule has 38 heavy (non-hydrogen) atoms. The largest absolute Gasteiger partial charge is 0.497 e. The molecule has 2 aliphatic rings. The third-order valence-corrected chi connectivity index (χ3v) is 7.78. The highest BCUT2D eigenvalue weighted by Gasteiger charge is 2.57. The smallest absolute Gasteiger partial charge is 0.327 e. The molecule has 8 heteroatoms. The minimum atomic E-state index is -0.819. The fraction of sp³-hybridized carbons (Fsp3) is 0.500. The van der Waals surface area contributed by atoms with Crippen LogP contribution in [0.25, 0.3) is 0 Å². The van der Waals surface area contributed by atoms with E-state index < -0.39 is 5.54 Å². The molecule has 0 aromatic heterocycles. The minimum Gasteiger partial charge on any atom is -0.497 e. The Hall–Kier alpha value is -3.55. The molecule has 2 heterocycles. The number of esters is 1. The molecule has 4 rings (SSSR count). The van der Waals surface area contributed by atoms with Crippen LogP contribution in [0.3, 0.4) is 0 Å². The summed E-state index contributed by atoms with van der Waals surface area (Å²) in [6.07, 6.45) is 2.82. The summed E-state index contributed by atoms with van der Waals surface area (Å²) in [6, 6.07) is 15.6. The number of urea groups is 1. The molecule has 0 N–H and O–H groups in total. The van der Waals surface area contributed by atoms with E-state index in [2.05, 4.69) is 18.7 Å². The number of rotatable bonds is 10. The maximum atomic E-state index is 13.8. The van der Waals surface area contributed by atoms with E-state index in [0.717, 1.165) is 29.0 Å². The fourth-order valence-electron chi connectivity index (χ4n) is 5.43. The van der Waals surface area contributed by atoms with Gasteiger partial charge in [-0.3, -0.25) is 14.5 Å². The summed E-state index contributed by atoms with van der Waals surface area (Å²) in [5.74, 6) is 0.861. The van der Waals surface area contributed by atoms with Gasteiger partial charge in [0.15, 0.2) is 0 Å². The molecule has 8 nitrogen and oxygen atoms in total. The standard InChI is InChI=1S/C30H39N3O5/c1-22(2)12-16-32-28(35)30(33(29(32)36)17-13-23-8-10-26(37-3)11-9-23)14-18-31(19-15-30)25-7-5-6-24(20-25)21-27(34)38-4/h5-11,20,22H,12-19,21H2,1-4H3. The minimum absolute atomic E-state index is 0.0584.